The summed E-state index contributed by atoms with van der Waals surface area (Å²) in [7, 11) is -3.28. The van der Waals surface area contributed by atoms with Gasteiger partial charge in [0, 0.05) is 13.1 Å². The van der Waals surface area contributed by atoms with Crippen molar-refractivity contribution in [2.75, 3.05) is 25.4 Å². The van der Waals surface area contributed by atoms with Crippen molar-refractivity contribution in [3.8, 4) is 5.75 Å². The van der Waals surface area contributed by atoms with Crippen LogP contribution in [-0.4, -0.2) is 49.4 Å². The van der Waals surface area contributed by atoms with Gasteiger partial charge in [0.25, 0.3) is 0 Å². The van der Waals surface area contributed by atoms with Gasteiger partial charge in [-0.15, -0.1) is 0 Å². The van der Waals surface area contributed by atoms with E-state index in [1.165, 1.54) is 4.31 Å². The zero-order valence-electron chi connectivity index (χ0n) is 13.2. The lowest BCUT2D eigenvalue weighted by Gasteiger charge is -2.32. The van der Waals surface area contributed by atoms with E-state index < -0.39 is 10.0 Å². The van der Waals surface area contributed by atoms with Gasteiger partial charge in [-0.25, -0.2) is 12.7 Å². The topological polar surface area (TPSA) is 66.8 Å². The molecule has 1 aliphatic heterocycles. The minimum Gasteiger partial charge on any atom is -0.492 e. The number of hydrogen-bond acceptors (Lipinski definition) is 4. The third-order valence-corrected chi connectivity index (χ3v) is 6.04. The Bertz CT molecular complexity index is 560. The van der Waals surface area contributed by atoms with E-state index in [1.54, 1.807) is 6.92 Å². The third kappa shape index (κ3) is 4.69. The fourth-order valence-corrected chi connectivity index (χ4v) is 3.98. The first-order valence-electron chi connectivity index (χ1n) is 7.74. The molecule has 0 bridgehead atoms. The van der Waals surface area contributed by atoms with Crippen LogP contribution < -0.4 is 4.74 Å². The molecular weight excluding hydrogens is 302 g/mol. The van der Waals surface area contributed by atoms with E-state index in [4.69, 9.17) is 4.74 Å². The second-order valence-corrected chi connectivity index (χ2v) is 8.04. The largest absolute Gasteiger partial charge is 0.492 e. The summed E-state index contributed by atoms with van der Waals surface area (Å²) >= 11 is 0. The molecule has 22 heavy (non-hydrogen) atoms. The molecular formula is C16H25NO4S. The maximum absolute atomic E-state index is 12.3. The van der Waals surface area contributed by atoms with E-state index >= 15 is 0 Å². The summed E-state index contributed by atoms with van der Waals surface area (Å²) in [6.45, 7) is 4.89. The molecule has 1 heterocycles. The van der Waals surface area contributed by atoms with Crippen molar-refractivity contribution in [2.45, 2.75) is 32.8 Å². The molecule has 0 amide bonds. The lowest BCUT2D eigenvalue weighted by molar-refractivity contribution is 0.0911. The molecule has 1 N–H and O–H groups in total. The Morgan fingerprint density at radius 2 is 1.86 bits per heavy atom. The minimum absolute atomic E-state index is 0.0137. The molecule has 5 nitrogen and oxygen atoms in total. The third-order valence-electron chi connectivity index (χ3n) is 4.21. The SMILES string of the molecule is Cc1ccc(OCCS(=O)(=O)N2CCC(C(C)O)CC2)cc1. The number of aliphatic hydroxyl groups is 1. The van der Waals surface area contributed by atoms with Crippen molar-refractivity contribution in [2.24, 2.45) is 5.92 Å². The number of rotatable bonds is 6. The molecule has 0 saturated carbocycles. The van der Waals surface area contributed by atoms with Gasteiger partial charge in [0.15, 0.2) is 0 Å². The summed E-state index contributed by atoms with van der Waals surface area (Å²) < 4.78 is 31.6. The van der Waals surface area contributed by atoms with Gasteiger partial charge in [0.1, 0.15) is 12.4 Å². The van der Waals surface area contributed by atoms with Crippen molar-refractivity contribution in [1.82, 2.24) is 4.31 Å². The van der Waals surface area contributed by atoms with Crippen LogP contribution in [0.25, 0.3) is 0 Å². The van der Waals surface area contributed by atoms with Crippen LogP contribution in [-0.2, 0) is 10.0 Å². The van der Waals surface area contributed by atoms with Crippen molar-refractivity contribution in [3.05, 3.63) is 29.8 Å². The highest BCUT2D eigenvalue weighted by Gasteiger charge is 2.29. The van der Waals surface area contributed by atoms with Crippen molar-refractivity contribution in [3.63, 3.8) is 0 Å². The van der Waals surface area contributed by atoms with Crippen LogP contribution in [0, 0.1) is 12.8 Å². The van der Waals surface area contributed by atoms with Crippen molar-refractivity contribution >= 4 is 10.0 Å². The van der Waals surface area contributed by atoms with Gasteiger partial charge in [0.05, 0.1) is 11.9 Å². The first-order chi connectivity index (χ1) is 10.4. The summed E-state index contributed by atoms with van der Waals surface area (Å²) in [6.07, 6.45) is 1.07. The first-order valence-corrected chi connectivity index (χ1v) is 9.35. The number of sulfonamides is 1. The lowest BCUT2D eigenvalue weighted by atomic mass is 9.93. The van der Waals surface area contributed by atoms with Crippen LogP contribution in [0.1, 0.15) is 25.3 Å². The number of nitrogens with zero attached hydrogens (tertiary/aromatic N) is 1. The van der Waals surface area contributed by atoms with E-state index in [1.807, 2.05) is 31.2 Å². The molecule has 1 unspecified atom stereocenters. The van der Waals surface area contributed by atoms with Crippen LogP contribution in [0.15, 0.2) is 24.3 Å². The molecule has 124 valence electrons. The highest BCUT2D eigenvalue weighted by atomic mass is 32.2. The Labute approximate surface area is 133 Å². The lowest BCUT2D eigenvalue weighted by Crippen LogP contribution is -2.42. The van der Waals surface area contributed by atoms with Crippen LogP contribution >= 0.6 is 0 Å². The molecule has 1 aromatic rings. The van der Waals surface area contributed by atoms with E-state index in [9.17, 15) is 13.5 Å². The quantitative estimate of drug-likeness (QED) is 0.865. The molecule has 0 aromatic heterocycles. The molecule has 0 aliphatic carbocycles. The predicted octanol–water partition coefficient (Wildman–Crippen LogP) is 1.80. The summed E-state index contributed by atoms with van der Waals surface area (Å²) in [5, 5.41) is 9.57. The van der Waals surface area contributed by atoms with Gasteiger partial charge in [-0.2, -0.15) is 0 Å². The monoisotopic (exact) mass is 327 g/mol. The number of hydrogen-bond donors (Lipinski definition) is 1. The van der Waals surface area contributed by atoms with E-state index in [2.05, 4.69) is 0 Å². The van der Waals surface area contributed by atoms with Crippen LogP contribution in [0.4, 0.5) is 0 Å². The molecule has 6 heteroatoms. The Hall–Kier alpha value is -1.11. The van der Waals surface area contributed by atoms with Crippen molar-refractivity contribution < 1.29 is 18.3 Å². The number of aliphatic hydroxyl groups excluding tert-OH is 1. The Morgan fingerprint density at radius 1 is 1.27 bits per heavy atom. The Kier molecular flexibility index (Phi) is 5.83. The average Bonchev–Trinajstić information content (AvgIpc) is 2.49. The maximum Gasteiger partial charge on any atom is 0.217 e. The average molecular weight is 327 g/mol. The number of piperidine rings is 1. The number of ether oxygens (including phenoxy) is 1. The molecule has 1 atom stereocenters. The van der Waals surface area contributed by atoms with Crippen LogP contribution in [0.3, 0.4) is 0 Å². The zero-order chi connectivity index (χ0) is 16.2. The summed E-state index contributed by atoms with van der Waals surface area (Å²) in [5.41, 5.74) is 1.14. The number of benzene rings is 1. The normalized spacial score (nSPS) is 19.0. The smallest absolute Gasteiger partial charge is 0.217 e. The Morgan fingerprint density at radius 3 is 2.41 bits per heavy atom. The molecule has 1 fully saturated rings. The van der Waals surface area contributed by atoms with Crippen LogP contribution in [0.5, 0.6) is 5.75 Å². The van der Waals surface area contributed by atoms with E-state index in [0.29, 0.717) is 18.8 Å². The second-order valence-electron chi connectivity index (χ2n) is 5.95. The van der Waals surface area contributed by atoms with Gasteiger partial charge in [-0.1, -0.05) is 17.7 Å². The highest BCUT2D eigenvalue weighted by Crippen LogP contribution is 2.22. The molecule has 0 radical (unpaired) electrons. The first kappa shape index (κ1) is 17.2. The number of aryl methyl sites for hydroxylation is 1. The zero-order valence-corrected chi connectivity index (χ0v) is 14.1. The van der Waals surface area contributed by atoms with Gasteiger partial charge in [0.2, 0.25) is 10.0 Å². The van der Waals surface area contributed by atoms with Gasteiger partial charge in [-0.05, 0) is 44.7 Å². The molecule has 0 spiro atoms. The molecule has 1 aromatic carbocycles. The summed E-state index contributed by atoms with van der Waals surface area (Å²) in [5.74, 6) is 0.879. The fraction of sp³-hybridized carbons (Fsp3) is 0.625. The minimum atomic E-state index is -3.28. The molecule has 2 rings (SSSR count). The highest BCUT2D eigenvalue weighted by molar-refractivity contribution is 7.89. The van der Waals surface area contributed by atoms with Gasteiger partial charge < -0.3 is 9.84 Å². The van der Waals surface area contributed by atoms with Gasteiger partial charge in [-0.3, -0.25) is 0 Å². The fourth-order valence-electron chi connectivity index (χ4n) is 2.66. The van der Waals surface area contributed by atoms with Crippen LogP contribution in [0.2, 0.25) is 0 Å². The maximum atomic E-state index is 12.3. The predicted molar refractivity (Wildman–Crippen MR) is 86.4 cm³/mol. The molecule has 1 aliphatic rings. The van der Waals surface area contributed by atoms with Crippen molar-refractivity contribution in [1.29, 1.82) is 0 Å². The second kappa shape index (κ2) is 7.44. The van der Waals surface area contributed by atoms with Gasteiger partial charge >= 0.3 is 0 Å². The van der Waals surface area contributed by atoms with E-state index in [-0.39, 0.29) is 24.4 Å². The summed E-state index contributed by atoms with van der Waals surface area (Å²) in [4.78, 5) is 0. The standard InChI is InChI=1S/C16H25NO4S/c1-13-3-5-16(6-4-13)21-11-12-22(19,20)17-9-7-15(8-10-17)14(2)18/h3-6,14-15,18H,7-12H2,1-2H3. The Balaban J connectivity index is 1.80. The molecule has 1 saturated heterocycles. The summed E-state index contributed by atoms with van der Waals surface area (Å²) in [6, 6.07) is 7.56. The van der Waals surface area contributed by atoms with E-state index in [0.717, 1.165) is 18.4 Å².